The third kappa shape index (κ3) is 8.08. The van der Waals surface area contributed by atoms with Gasteiger partial charge in [-0.25, -0.2) is 18.7 Å². The molecule has 0 bridgehead atoms. The summed E-state index contributed by atoms with van der Waals surface area (Å²) in [4.78, 5) is 50.4. The quantitative estimate of drug-likeness (QED) is 0.0886. The molecule has 22 heteroatoms. The monoisotopic (exact) mass is 660 g/mol. The normalized spacial score (nSPS) is 33.8. The first-order valence-electron chi connectivity index (χ1n) is 12.4. The Labute approximate surface area is 246 Å². The molecule has 1 amide bonds. The number of phosphoric acid groups is 1. The zero-order valence-corrected chi connectivity index (χ0v) is 24.1. The van der Waals surface area contributed by atoms with Crippen LogP contribution in [0.25, 0.3) is 0 Å². The molecular weight excluding hydrogens is 627 g/mol. The first-order valence-corrected chi connectivity index (χ1v) is 15.3. The number of rotatable bonds is 13. The Morgan fingerprint density at radius 3 is 2.58 bits per heavy atom. The number of hydrogen-bond acceptors (Lipinski definition) is 17. The van der Waals surface area contributed by atoms with Crippen molar-refractivity contribution in [3.63, 3.8) is 0 Å². The van der Waals surface area contributed by atoms with E-state index < -0.39 is 106 Å². The number of nitrogen functional groups attached to an aromatic ring is 1. The maximum absolute atomic E-state index is 12.9. The number of nitrogens with two attached hydrogens (primary N) is 1. The van der Waals surface area contributed by atoms with Gasteiger partial charge in [0.1, 0.15) is 42.4 Å². The highest BCUT2D eigenvalue weighted by Crippen LogP contribution is 2.51. The summed E-state index contributed by atoms with van der Waals surface area (Å²) in [6.45, 7) is -2.07. The van der Waals surface area contributed by atoms with E-state index in [2.05, 4.69) is 10.3 Å². The van der Waals surface area contributed by atoms with Crippen molar-refractivity contribution in [2.45, 2.75) is 67.2 Å². The summed E-state index contributed by atoms with van der Waals surface area (Å²) >= 11 is 1.09. The fourth-order valence-electron chi connectivity index (χ4n) is 4.44. The van der Waals surface area contributed by atoms with E-state index >= 15 is 0 Å². The number of carbonyl (C=O) groups excluding carboxylic acids is 1. The molecule has 0 spiro atoms. The second kappa shape index (κ2) is 14.2. The van der Waals surface area contributed by atoms with Gasteiger partial charge in [-0.3, -0.25) is 13.9 Å². The molecule has 11 N–H and O–H groups in total. The number of nitrogens with one attached hydrogen (secondary N) is 1. The van der Waals surface area contributed by atoms with Crippen molar-refractivity contribution in [1.82, 2.24) is 14.9 Å². The highest BCUT2D eigenvalue weighted by Gasteiger charge is 2.59. The largest absolute Gasteiger partial charge is 0.477 e. The Morgan fingerprint density at radius 1 is 1.33 bits per heavy atom. The van der Waals surface area contributed by atoms with Gasteiger partial charge in [-0.15, -0.1) is 0 Å². The van der Waals surface area contributed by atoms with Gasteiger partial charge in [-0.1, -0.05) is 0 Å². The van der Waals surface area contributed by atoms with Crippen LogP contribution in [0.1, 0.15) is 12.6 Å². The number of hydrogen-bond donors (Lipinski definition) is 10. The number of phosphoric ester groups is 1. The van der Waals surface area contributed by atoms with Crippen molar-refractivity contribution in [1.29, 1.82) is 0 Å². The number of ether oxygens (including phenoxy) is 2. The maximum Gasteiger partial charge on any atom is 0.475 e. The molecule has 1 aromatic heterocycles. The smallest absolute Gasteiger partial charge is 0.475 e. The second-order valence-corrected chi connectivity index (χ2v) is 11.9. The van der Waals surface area contributed by atoms with E-state index in [4.69, 9.17) is 24.3 Å². The molecule has 0 radical (unpaired) electrons. The predicted octanol–water partition coefficient (Wildman–Crippen LogP) is -4.93. The molecule has 0 aromatic carbocycles. The number of carboxylic acid groups (broad SMARTS) is 1. The van der Waals surface area contributed by atoms with Crippen LogP contribution < -0.4 is 16.7 Å². The molecule has 2 aliphatic rings. The van der Waals surface area contributed by atoms with Gasteiger partial charge in [0, 0.05) is 12.6 Å². The van der Waals surface area contributed by atoms with Gasteiger partial charge in [0.15, 0.2) is 6.23 Å². The second-order valence-electron chi connectivity index (χ2n) is 9.62. The van der Waals surface area contributed by atoms with E-state index in [9.17, 15) is 59.6 Å². The SMILES string of the molecule is CSCC(=O)NC1C(O)CC(OP(=O)(O)OCC2OC(n3ccc(N)nc3=O)C(O)C2O)(C(=O)O)OC1[C@H](O)[C@H](O)CO. The first-order chi connectivity index (χ1) is 20.1. The average molecular weight is 661 g/mol. The highest BCUT2D eigenvalue weighted by molar-refractivity contribution is 7.99. The van der Waals surface area contributed by atoms with Gasteiger partial charge in [-0.05, 0) is 12.3 Å². The third-order valence-electron chi connectivity index (χ3n) is 6.55. The summed E-state index contributed by atoms with van der Waals surface area (Å²) in [5.41, 5.74) is 4.47. The number of thioether (sulfide) groups is 1. The van der Waals surface area contributed by atoms with E-state index in [-0.39, 0.29) is 11.6 Å². The van der Waals surface area contributed by atoms with E-state index in [0.29, 0.717) is 0 Å². The lowest BCUT2D eigenvalue weighted by atomic mass is 9.88. The molecule has 11 atom stereocenters. The molecule has 1 aromatic rings. The molecule has 0 saturated carbocycles. The Morgan fingerprint density at radius 2 is 2.00 bits per heavy atom. The van der Waals surface area contributed by atoms with Crippen LogP contribution in [-0.4, -0.2) is 142 Å². The lowest BCUT2D eigenvalue weighted by Crippen LogP contribution is -2.68. The van der Waals surface area contributed by atoms with E-state index in [1.165, 1.54) is 6.07 Å². The molecule has 43 heavy (non-hydrogen) atoms. The number of aliphatic carboxylic acids is 1. The number of anilines is 1. The number of carbonyl (C=O) groups is 2. The summed E-state index contributed by atoms with van der Waals surface area (Å²) in [7, 11) is -5.53. The van der Waals surface area contributed by atoms with Gasteiger partial charge in [0.2, 0.25) is 5.91 Å². The molecule has 244 valence electrons. The van der Waals surface area contributed by atoms with Gasteiger partial charge in [0.05, 0.1) is 31.1 Å². The van der Waals surface area contributed by atoms with Crippen LogP contribution in [0.4, 0.5) is 5.82 Å². The van der Waals surface area contributed by atoms with Crippen LogP contribution in [0.5, 0.6) is 0 Å². The Bertz CT molecular complexity index is 1260. The van der Waals surface area contributed by atoms with E-state index in [0.717, 1.165) is 22.5 Å². The van der Waals surface area contributed by atoms with Crippen molar-refractivity contribution in [3.05, 3.63) is 22.7 Å². The Hall–Kier alpha value is -2.24. The topological polar surface area (TPSA) is 323 Å². The number of nitrogens with zero attached hydrogens (tertiary/aromatic N) is 2. The lowest BCUT2D eigenvalue weighted by molar-refractivity contribution is -0.289. The molecule has 2 saturated heterocycles. The number of carboxylic acids is 1. The molecule has 20 nitrogen and oxygen atoms in total. The summed E-state index contributed by atoms with van der Waals surface area (Å²) in [5, 5.41) is 73.4. The van der Waals surface area contributed by atoms with E-state index in [1.54, 1.807) is 6.26 Å². The molecule has 2 aliphatic heterocycles. The minimum absolute atomic E-state index is 0.122. The van der Waals surface area contributed by atoms with Crippen molar-refractivity contribution in [3.8, 4) is 0 Å². The van der Waals surface area contributed by atoms with Gasteiger partial charge >= 0.3 is 19.5 Å². The minimum Gasteiger partial charge on any atom is -0.477 e. The molecule has 0 aliphatic carbocycles. The molecular formula is C21H33N4O16PS. The summed E-state index contributed by atoms with van der Waals surface area (Å²) in [5.74, 6) is -6.24. The lowest BCUT2D eigenvalue weighted by Gasteiger charge is -2.46. The maximum atomic E-state index is 12.9. The molecule has 3 heterocycles. The van der Waals surface area contributed by atoms with Crippen molar-refractivity contribution in [2.24, 2.45) is 0 Å². The fourth-order valence-corrected chi connectivity index (χ4v) is 5.74. The summed E-state index contributed by atoms with van der Waals surface area (Å²) < 4.78 is 34.0. The van der Waals surface area contributed by atoms with Crippen molar-refractivity contribution >= 4 is 37.3 Å². The van der Waals surface area contributed by atoms with Crippen LogP contribution in [0, 0.1) is 0 Å². The molecule has 3 rings (SSSR count). The van der Waals surface area contributed by atoms with Gasteiger partial charge in [0.25, 0.3) is 5.79 Å². The van der Waals surface area contributed by atoms with E-state index in [1.807, 2.05) is 0 Å². The molecule has 9 unspecified atom stereocenters. The van der Waals surface area contributed by atoms with Gasteiger partial charge in [-0.2, -0.15) is 16.7 Å². The number of aliphatic hydroxyl groups is 6. The standard InChI is InChI=1S/C21H33N4O16PS/c1-43-7-12(29)24-13-8(27)4-21(19(33)34,40-17(13)14(30)9(28)5-26)41-42(36,37)38-6-10-15(31)16(32)18(39-10)25-3-2-11(22)23-20(25)35/h2-3,8-10,13-18,26-28,30-32H,4-7H2,1H3,(H,24,29)(H,33,34)(H,36,37)(H2,22,23,35)/t8?,9-,10?,13?,14-,15?,16?,17?,18?,21?/m1/s1. The number of aromatic nitrogens is 2. The highest BCUT2D eigenvalue weighted by atomic mass is 32.2. The average Bonchev–Trinajstić information content (AvgIpc) is 3.20. The van der Waals surface area contributed by atoms with Crippen LogP contribution in [0.2, 0.25) is 0 Å². The predicted molar refractivity (Wildman–Crippen MR) is 141 cm³/mol. The number of aliphatic hydroxyl groups excluding tert-OH is 6. The van der Waals surface area contributed by atoms with Crippen LogP contribution in [-0.2, 0) is 32.7 Å². The summed E-state index contributed by atoms with van der Waals surface area (Å²) in [6, 6.07) is -0.367. The Kier molecular flexibility index (Phi) is 11.7. The van der Waals surface area contributed by atoms with Crippen molar-refractivity contribution < 1.29 is 73.3 Å². The minimum atomic E-state index is -5.53. The first kappa shape index (κ1) is 35.2. The van der Waals surface area contributed by atoms with Crippen molar-refractivity contribution in [2.75, 3.05) is 31.0 Å². The fraction of sp³-hybridized carbons (Fsp3) is 0.714. The van der Waals surface area contributed by atoms with Crippen LogP contribution >= 0.6 is 19.6 Å². The van der Waals surface area contributed by atoms with Crippen LogP contribution in [0.15, 0.2) is 17.1 Å². The summed E-state index contributed by atoms with van der Waals surface area (Å²) in [6.07, 6.45) is -13.1. The zero-order valence-electron chi connectivity index (χ0n) is 22.4. The number of amides is 1. The van der Waals surface area contributed by atoms with Crippen LogP contribution in [0.3, 0.4) is 0 Å². The zero-order chi connectivity index (χ0) is 32.3. The van der Waals surface area contributed by atoms with Gasteiger partial charge < -0.3 is 61.2 Å². The Balaban J connectivity index is 1.79. The molecule has 2 fully saturated rings. The third-order valence-corrected chi connectivity index (χ3v) is 8.10.